The van der Waals surface area contributed by atoms with Crippen molar-refractivity contribution in [2.75, 3.05) is 0 Å². The van der Waals surface area contributed by atoms with Gasteiger partial charge in [0.2, 0.25) is 0 Å². The molecule has 0 spiro atoms. The van der Waals surface area contributed by atoms with Gasteiger partial charge >= 0.3 is 6.03 Å². The van der Waals surface area contributed by atoms with Crippen LogP contribution >= 0.6 is 0 Å². The summed E-state index contributed by atoms with van der Waals surface area (Å²) in [5.41, 5.74) is 5.86. The first-order valence-corrected chi connectivity index (χ1v) is 3.60. The number of hydrogen-bond donors (Lipinski definition) is 2. The fraction of sp³-hybridized carbons (Fsp3) is 0.125. The van der Waals surface area contributed by atoms with Crippen LogP contribution in [0.25, 0.3) is 0 Å². The molecule has 0 aliphatic heterocycles. The zero-order valence-electron chi connectivity index (χ0n) is 7.06. The van der Waals surface area contributed by atoms with E-state index in [1.54, 1.807) is 12.1 Å². The number of primary amides is 1. The Labute approximate surface area is 74.9 Å². The third-order valence-corrected chi connectivity index (χ3v) is 1.39. The van der Waals surface area contributed by atoms with Gasteiger partial charge in [0.1, 0.15) is 11.4 Å². The van der Waals surface area contributed by atoms with E-state index in [-0.39, 0.29) is 11.4 Å². The Morgan fingerprint density at radius 1 is 1.54 bits per heavy atom. The molecule has 68 valence electrons. The second kappa shape index (κ2) is 3.66. The van der Waals surface area contributed by atoms with Gasteiger partial charge in [-0.2, -0.15) is 0 Å². The molecule has 0 aliphatic carbocycles. The van der Waals surface area contributed by atoms with Crippen molar-refractivity contribution in [3.63, 3.8) is 0 Å². The monoisotopic (exact) mass is 179 g/mol. The van der Waals surface area contributed by atoms with Crippen LogP contribution in [-0.2, 0) is 0 Å². The van der Waals surface area contributed by atoms with E-state index in [4.69, 9.17) is 5.73 Å². The van der Waals surface area contributed by atoms with E-state index in [0.717, 1.165) is 5.56 Å². The Balaban J connectivity index is 2.96. The van der Waals surface area contributed by atoms with Gasteiger partial charge in [-0.25, -0.2) is 4.79 Å². The molecule has 1 aromatic carbocycles. The molecule has 0 bridgehead atoms. The van der Waals surface area contributed by atoms with Crippen molar-refractivity contribution in [1.29, 1.82) is 0 Å². The van der Waals surface area contributed by atoms with Crippen LogP contribution in [0.1, 0.15) is 5.56 Å². The Morgan fingerprint density at radius 3 is 2.77 bits per heavy atom. The first kappa shape index (κ1) is 9.18. The lowest BCUT2D eigenvalue weighted by Gasteiger charge is -1.97. The van der Waals surface area contributed by atoms with Crippen molar-refractivity contribution in [3.8, 4) is 5.75 Å². The number of amides is 2. The fourth-order valence-electron chi connectivity index (χ4n) is 0.821. The molecular weight excluding hydrogens is 170 g/mol. The molecule has 5 nitrogen and oxygen atoms in total. The maximum atomic E-state index is 10.2. The molecule has 0 unspecified atom stereocenters. The number of carbonyl (C=O) groups excluding carboxylic acids is 1. The summed E-state index contributed by atoms with van der Waals surface area (Å²) in [4.78, 5) is 10.2. The first-order chi connectivity index (χ1) is 6.09. The number of phenolic OH excluding ortho intramolecular Hbond substituents is 1. The van der Waals surface area contributed by atoms with Gasteiger partial charge in [0.05, 0.1) is 0 Å². The number of urea groups is 1. The zero-order valence-corrected chi connectivity index (χ0v) is 7.06. The number of nitrogens with two attached hydrogens (primary N) is 1. The highest BCUT2D eigenvalue weighted by Gasteiger charge is 1.99. The molecule has 1 aromatic rings. The maximum absolute atomic E-state index is 10.2. The lowest BCUT2D eigenvalue weighted by Crippen LogP contribution is -2.01. The minimum Gasteiger partial charge on any atom is -0.506 e. The predicted molar refractivity (Wildman–Crippen MR) is 46.9 cm³/mol. The molecule has 0 heterocycles. The van der Waals surface area contributed by atoms with Gasteiger partial charge in [-0.05, 0) is 24.6 Å². The summed E-state index contributed by atoms with van der Waals surface area (Å²) in [6, 6.07) is 3.93. The van der Waals surface area contributed by atoms with E-state index in [9.17, 15) is 9.90 Å². The second-order valence-electron chi connectivity index (χ2n) is 2.53. The highest BCUT2D eigenvalue weighted by atomic mass is 16.3. The van der Waals surface area contributed by atoms with E-state index in [1.807, 2.05) is 6.92 Å². The highest BCUT2D eigenvalue weighted by Crippen LogP contribution is 2.26. The van der Waals surface area contributed by atoms with Gasteiger partial charge in [0.15, 0.2) is 0 Å². The molecule has 3 N–H and O–H groups in total. The fourth-order valence-corrected chi connectivity index (χ4v) is 0.821. The van der Waals surface area contributed by atoms with Crippen LogP contribution in [0.3, 0.4) is 0 Å². The summed E-state index contributed by atoms with van der Waals surface area (Å²) >= 11 is 0. The zero-order chi connectivity index (χ0) is 9.84. The van der Waals surface area contributed by atoms with Crippen molar-refractivity contribution in [2.45, 2.75) is 6.92 Å². The summed E-state index contributed by atoms with van der Waals surface area (Å²) in [5.74, 6) is -0.0231. The van der Waals surface area contributed by atoms with Crippen LogP contribution in [0.2, 0.25) is 0 Å². The van der Waals surface area contributed by atoms with E-state index in [1.165, 1.54) is 6.07 Å². The normalized spacial score (nSPS) is 10.5. The number of phenols is 1. The molecule has 1 rings (SSSR count). The number of benzene rings is 1. The average molecular weight is 179 g/mol. The van der Waals surface area contributed by atoms with Gasteiger partial charge in [-0.15, -0.1) is 5.11 Å². The largest absolute Gasteiger partial charge is 0.506 e. The van der Waals surface area contributed by atoms with Crippen LogP contribution in [-0.4, -0.2) is 11.1 Å². The van der Waals surface area contributed by atoms with E-state index in [2.05, 4.69) is 10.2 Å². The Bertz CT molecular complexity index is 360. The van der Waals surface area contributed by atoms with Crippen LogP contribution < -0.4 is 5.73 Å². The van der Waals surface area contributed by atoms with Crippen LogP contribution in [0, 0.1) is 6.92 Å². The molecule has 0 radical (unpaired) electrons. The number of rotatable bonds is 1. The summed E-state index contributed by atoms with van der Waals surface area (Å²) in [7, 11) is 0. The summed E-state index contributed by atoms with van der Waals surface area (Å²) in [6.07, 6.45) is 0. The van der Waals surface area contributed by atoms with Crippen LogP contribution in [0.4, 0.5) is 10.5 Å². The molecule has 0 atom stereocenters. The standard InChI is InChI=1S/C8H9N3O2/c1-5-2-3-6(7(12)4-5)10-11-8(9)13/h2-4,12H,1H3,(H2,9,13). The molecule has 5 heteroatoms. The first-order valence-electron chi connectivity index (χ1n) is 3.60. The summed E-state index contributed by atoms with van der Waals surface area (Å²) in [5, 5.41) is 15.8. The summed E-state index contributed by atoms with van der Waals surface area (Å²) in [6.45, 7) is 1.83. The molecule has 0 saturated carbocycles. The maximum Gasteiger partial charge on any atom is 0.356 e. The van der Waals surface area contributed by atoms with Gasteiger partial charge in [-0.1, -0.05) is 11.2 Å². The van der Waals surface area contributed by atoms with Crippen molar-refractivity contribution in [1.82, 2.24) is 0 Å². The summed E-state index contributed by atoms with van der Waals surface area (Å²) < 4.78 is 0. The van der Waals surface area contributed by atoms with Crippen molar-refractivity contribution in [2.24, 2.45) is 16.0 Å². The van der Waals surface area contributed by atoms with E-state index < -0.39 is 6.03 Å². The lowest BCUT2D eigenvalue weighted by atomic mass is 10.2. The number of hydrogen-bond acceptors (Lipinski definition) is 3. The van der Waals surface area contributed by atoms with E-state index in [0.29, 0.717) is 0 Å². The molecule has 0 aliphatic rings. The van der Waals surface area contributed by atoms with Crippen molar-refractivity contribution < 1.29 is 9.90 Å². The van der Waals surface area contributed by atoms with Crippen molar-refractivity contribution >= 4 is 11.7 Å². The van der Waals surface area contributed by atoms with Crippen LogP contribution in [0.5, 0.6) is 5.75 Å². The van der Waals surface area contributed by atoms with Crippen molar-refractivity contribution in [3.05, 3.63) is 23.8 Å². The quantitative estimate of drug-likeness (QED) is 0.644. The van der Waals surface area contributed by atoms with Gasteiger partial charge in [0.25, 0.3) is 0 Å². The Hall–Kier alpha value is -1.91. The van der Waals surface area contributed by atoms with Gasteiger partial charge in [-0.3, -0.25) is 0 Å². The third-order valence-electron chi connectivity index (χ3n) is 1.39. The molecule has 13 heavy (non-hydrogen) atoms. The Kier molecular flexibility index (Phi) is 2.59. The smallest absolute Gasteiger partial charge is 0.356 e. The molecule has 2 amide bonds. The number of carbonyl (C=O) groups is 1. The predicted octanol–water partition coefficient (Wildman–Crippen LogP) is 1.86. The minimum atomic E-state index is -0.889. The Morgan fingerprint density at radius 2 is 2.23 bits per heavy atom. The lowest BCUT2D eigenvalue weighted by molar-refractivity contribution is 0.255. The van der Waals surface area contributed by atoms with Crippen LogP contribution in [0.15, 0.2) is 28.4 Å². The number of azo groups is 1. The number of aryl methyl sites for hydroxylation is 1. The second-order valence-corrected chi connectivity index (χ2v) is 2.53. The number of nitrogens with zero attached hydrogens (tertiary/aromatic N) is 2. The highest BCUT2D eigenvalue weighted by molar-refractivity contribution is 5.72. The topological polar surface area (TPSA) is 88.0 Å². The number of aromatic hydroxyl groups is 1. The SMILES string of the molecule is Cc1ccc(N=NC(N)=O)c(O)c1. The third kappa shape index (κ3) is 2.55. The van der Waals surface area contributed by atoms with E-state index >= 15 is 0 Å². The van der Waals surface area contributed by atoms with Gasteiger partial charge in [0, 0.05) is 0 Å². The molecule has 0 fully saturated rings. The molecular formula is C8H9N3O2. The van der Waals surface area contributed by atoms with Gasteiger partial charge < -0.3 is 10.8 Å². The minimum absolute atomic E-state index is 0.0231. The average Bonchev–Trinajstić information content (AvgIpc) is 2.02. The molecule has 0 aromatic heterocycles. The molecule has 0 saturated heterocycles.